The Morgan fingerprint density at radius 3 is 2.40 bits per heavy atom. The van der Waals surface area contributed by atoms with Gasteiger partial charge >= 0.3 is 12.1 Å². The van der Waals surface area contributed by atoms with E-state index in [1.54, 1.807) is 13.8 Å². The number of non-ortho nitro benzene ring substituents is 1. The average Bonchev–Trinajstić information content (AvgIpc) is 2.44. The summed E-state index contributed by atoms with van der Waals surface area (Å²) in [5.74, 6) is -1.82. The van der Waals surface area contributed by atoms with Crippen molar-refractivity contribution >= 4 is 23.3 Å². The Bertz CT molecular complexity index is 724. The third-order valence-electron chi connectivity index (χ3n) is 2.85. The first kappa shape index (κ1) is 20.1. The zero-order chi connectivity index (χ0) is 19.4. The molecule has 1 aromatic carbocycles. The van der Waals surface area contributed by atoms with E-state index in [0.29, 0.717) is 11.6 Å². The van der Waals surface area contributed by atoms with Crippen LogP contribution >= 0.6 is 0 Å². The van der Waals surface area contributed by atoms with Crippen LogP contribution in [0.1, 0.15) is 26.3 Å². The van der Waals surface area contributed by atoms with Crippen LogP contribution in [-0.2, 0) is 20.5 Å². The van der Waals surface area contributed by atoms with E-state index in [4.69, 9.17) is 4.74 Å². The van der Waals surface area contributed by atoms with Gasteiger partial charge in [0.15, 0.2) is 6.10 Å². The topological polar surface area (TPSA) is 98.5 Å². The third-order valence-corrected chi connectivity index (χ3v) is 2.85. The number of carbonyl (C=O) groups is 2. The van der Waals surface area contributed by atoms with Crippen molar-refractivity contribution in [2.45, 2.75) is 33.1 Å². The largest absolute Gasteiger partial charge is 0.449 e. The number of amides is 1. The number of halogens is 3. The van der Waals surface area contributed by atoms with Crippen LogP contribution in [0.2, 0.25) is 0 Å². The summed E-state index contributed by atoms with van der Waals surface area (Å²) in [6.07, 6.45) is -5.16. The lowest BCUT2D eigenvalue weighted by molar-refractivity contribution is -0.385. The normalized spacial score (nSPS) is 12.1. The van der Waals surface area contributed by atoms with Gasteiger partial charge in [-0.15, -0.1) is 0 Å². The van der Waals surface area contributed by atoms with Crippen molar-refractivity contribution in [2.75, 3.05) is 5.32 Å². The molecule has 25 heavy (non-hydrogen) atoms. The van der Waals surface area contributed by atoms with Crippen molar-refractivity contribution in [3.63, 3.8) is 0 Å². The van der Waals surface area contributed by atoms with Crippen LogP contribution < -0.4 is 5.32 Å². The molecule has 0 radical (unpaired) electrons. The molecule has 0 aliphatic carbocycles. The van der Waals surface area contributed by atoms with E-state index in [1.807, 2.05) is 5.32 Å². The van der Waals surface area contributed by atoms with Crippen LogP contribution in [0.5, 0.6) is 0 Å². The first-order valence-corrected chi connectivity index (χ1v) is 6.94. The van der Waals surface area contributed by atoms with Gasteiger partial charge < -0.3 is 10.1 Å². The number of benzene rings is 1. The van der Waals surface area contributed by atoms with Gasteiger partial charge in [0.25, 0.3) is 11.6 Å². The molecule has 1 N–H and O–H groups in total. The monoisotopic (exact) mass is 360 g/mol. The molecule has 0 heterocycles. The lowest BCUT2D eigenvalue weighted by Crippen LogP contribution is -2.30. The second kappa shape index (κ2) is 7.77. The summed E-state index contributed by atoms with van der Waals surface area (Å²) >= 11 is 0. The van der Waals surface area contributed by atoms with Crippen molar-refractivity contribution in [1.29, 1.82) is 0 Å². The molecule has 7 nitrogen and oxygen atoms in total. The Labute approximate surface area is 140 Å². The molecule has 0 aliphatic rings. The van der Waals surface area contributed by atoms with Gasteiger partial charge in [-0.2, -0.15) is 13.2 Å². The molecule has 1 rings (SSSR count). The predicted molar refractivity (Wildman–Crippen MR) is 81.7 cm³/mol. The predicted octanol–water partition coefficient (Wildman–Crippen LogP) is 3.45. The van der Waals surface area contributed by atoms with E-state index in [2.05, 4.69) is 0 Å². The molecule has 0 saturated heterocycles. The van der Waals surface area contributed by atoms with E-state index < -0.39 is 46.0 Å². The summed E-state index contributed by atoms with van der Waals surface area (Å²) in [7, 11) is 0. The number of nitrogens with one attached hydrogen (secondary N) is 1. The molecule has 1 atom stereocenters. The highest BCUT2D eigenvalue weighted by atomic mass is 19.4. The van der Waals surface area contributed by atoms with Gasteiger partial charge in [-0.1, -0.05) is 5.57 Å². The molecular formula is C15H15F3N2O5. The molecule has 0 saturated carbocycles. The summed E-state index contributed by atoms with van der Waals surface area (Å²) in [5, 5.41) is 12.6. The van der Waals surface area contributed by atoms with Gasteiger partial charge in [-0.05, 0) is 26.8 Å². The van der Waals surface area contributed by atoms with Crippen molar-refractivity contribution in [2.24, 2.45) is 0 Å². The number of alkyl halides is 3. The summed E-state index contributed by atoms with van der Waals surface area (Å²) < 4.78 is 43.9. The van der Waals surface area contributed by atoms with E-state index in [-0.39, 0.29) is 0 Å². The number of hydrogen-bond donors (Lipinski definition) is 1. The summed E-state index contributed by atoms with van der Waals surface area (Å²) in [5.41, 5.74) is -2.20. The number of nitro groups is 1. The Kier molecular flexibility index (Phi) is 6.26. The third kappa shape index (κ3) is 5.90. The number of ether oxygens (including phenoxy) is 1. The van der Waals surface area contributed by atoms with Gasteiger partial charge in [-0.25, -0.2) is 4.79 Å². The maximum Gasteiger partial charge on any atom is 0.418 e. The second-order valence-electron chi connectivity index (χ2n) is 5.27. The van der Waals surface area contributed by atoms with Crippen molar-refractivity contribution in [1.82, 2.24) is 0 Å². The summed E-state index contributed by atoms with van der Waals surface area (Å²) in [4.78, 5) is 33.0. The molecule has 0 aromatic heterocycles. The second-order valence-corrected chi connectivity index (χ2v) is 5.27. The van der Waals surface area contributed by atoms with Crippen molar-refractivity contribution in [3.8, 4) is 0 Å². The fraction of sp³-hybridized carbons (Fsp3) is 0.333. The summed E-state index contributed by atoms with van der Waals surface area (Å²) in [6, 6.07) is 1.91. The van der Waals surface area contributed by atoms with Gasteiger partial charge in [0, 0.05) is 18.2 Å². The Morgan fingerprint density at radius 1 is 1.32 bits per heavy atom. The zero-order valence-corrected chi connectivity index (χ0v) is 13.5. The molecule has 136 valence electrons. The van der Waals surface area contributed by atoms with Crippen LogP contribution in [0.15, 0.2) is 29.8 Å². The quantitative estimate of drug-likeness (QED) is 0.375. The minimum Gasteiger partial charge on any atom is -0.449 e. The molecule has 1 amide bonds. The lowest BCUT2D eigenvalue weighted by Gasteiger charge is -2.16. The van der Waals surface area contributed by atoms with Crippen molar-refractivity contribution in [3.05, 3.63) is 45.5 Å². The smallest absolute Gasteiger partial charge is 0.418 e. The Balaban J connectivity index is 3.02. The highest BCUT2D eigenvalue weighted by Crippen LogP contribution is 2.37. The van der Waals surface area contributed by atoms with Crippen LogP contribution in [0.4, 0.5) is 24.5 Å². The molecule has 0 fully saturated rings. The Morgan fingerprint density at radius 2 is 1.92 bits per heavy atom. The highest BCUT2D eigenvalue weighted by molar-refractivity contribution is 5.96. The highest BCUT2D eigenvalue weighted by Gasteiger charge is 2.36. The molecule has 0 bridgehead atoms. The lowest BCUT2D eigenvalue weighted by atomic mass is 10.1. The van der Waals surface area contributed by atoms with Gasteiger partial charge in [0.1, 0.15) is 0 Å². The number of anilines is 1. The first-order chi connectivity index (χ1) is 11.4. The standard InChI is InChI=1S/C15H15F3N2O5/c1-8(2)6-13(21)25-9(3)14(22)19-12-5-4-10(20(23)24)7-11(12)15(16,17)18/h4-7,9H,1-3H3,(H,19,22). The number of nitro benzene ring substituents is 1. The zero-order valence-electron chi connectivity index (χ0n) is 13.5. The fourth-order valence-electron chi connectivity index (χ4n) is 1.72. The van der Waals surface area contributed by atoms with Crippen LogP contribution in [0.3, 0.4) is 0 Å². The van der Waals surface area contributed by atoms with Crippen molar-refractivity contribution < 1.29 is 32.4 Å². The van der Waals surface area contributed by atoms with Crippen LogP contribution in [0, 0.1) is 10.1 Å². The number of nitrogens with zero attached hydrogens (tertiary/aromatic N) is 1. The number of allylic oxidation sites excluding steroid dienone is 1. The maximum atomic E-state index is 13.0. The average molecular weight is 360 g/mol. The van der Waals surface area contributed by atoms with Crippen LogP contribution in [-0.4, -0.2) is 22.9 Å². The number of rotatable bonds is 5. The van der Waals surface area contributed by atoms with Gasteiger partial charge in [0.2, 0.25) is 0 Å². The van der Waals surface area contributed by atoms with E-state index in [0.717, 1.165) is 18.2 Å². The number of carbonyl (C=O) groups excluding carboxylic acids is 2. The minimum absolute atomic E-state index is 0.315. The molecule has 10 heteroatoms. The number of esters is 1. The van der Waals surface area contributed by atoms with Gasteiger partial charge in [-0.3, -0.25) is 14.9 Å². The maximum absolute atomic E-state index is 13.0. The molecule has 1 unspecified atom stereocenters. The minimum atomic E-state index is -4.92. The SMILES string of the molecule is CC(C)=CC(=O)OC(C)C(=O)Nc1ccc([N+](=O)[O-])cc1C(F)(F)F. The fourth-order valence-corrected chi connectivity index (χ4v) is 1.72. The summed E-state index contributed by atoms with van der Waals surface area (Å²) in [6.45, 7) is 4.43. The molecular weight excluding hydrogens is 345 g/mol. The van der Waals surface area contributed by atoms with E-state index >= 15 is 0 Å². The van der Waals surface area contributed by atoms with Gasteiger partial charge in [0.05, 0.1) is 16.2 Å². The van der Waals surface area contributed by atoms with E-state index in [9.17, 15) is 32.9 Å². The first-order valence-electron chi connectivity index (χ1n) is 6.94. The molecule has 1 aromatic rings. The molecule has 0 aliphatic heterocycles. The van der Waals surface area contributed by atoms with E-state index in [1.165, 1.54) is 6.92 Å². The Hall–Kier alpha value is -2.91. The molecule has 0 spiro atoms. The van der Waals surface area contributed by atoms with Crippen LogP contribution in [0.25, 0.3) is 0 Å². The number of hydrogen-bond acceptors (Lipinski definition) is 5.